The van der Waals surface area contributed by atoms with Gasteiger partial charge < -0.3 is 14.2 Å². The molecule has 33 heavy (non-hydrogen) atoms. The van der Waals surface area contributed by atoms with Crippen LogP contribution in [-0.2, 0) is 9.53 Å². The van der Waals surface area contributed by atoms with Crippen molar-refractivity contribution in [3.63, 3.8) is 0 Å². The molecule has 2 aliphatic rings. The van der Waals surface area contributed by atoms with Gasteiger partial charge in [0.15, 0.2) is 11.6 Å². The van der Waals surface area contributed by atoms with E-state index in [1.165, 1.54) is 6.07 Å². The van der Waals surface area contributed by atoms with Gasteiger partial charge in [-0.3, -0.25) is 4.79 Å². The maximum atomic E-state index is 14.1. The molecule has 0 bridgehead atoms. The Morgan fingerprint density at radius 1 is 1.00 bits per heavy atom. The van der Waals surface area contributed by atoms with E-state index in [0.717, 1.165) is 73.1 Å². The monoisotopic (exact) mass is 453 g/mol. The maximum Gasteiger partial charge on any atom is 0.227 e. The fraction of sp³-hybridized carbons (Fsp3) is 0.462. The molecule has 0 spiro atoms. The van der Waals surface area contributed by atoms with Crippen LogP contribution in [0.2, 0.25) is 0 Å². The molecule has 1 aliphatic carbocycles. The number of halogens is 2. The molecule has 1 aliphatic heterocycles. The summed E-state index contributed by atoms with van der Waals surface area (Å²) in [6, 6.07) is 9.87. The van der Waals surface area contributed by atoms with E-state index < -0.39 is 11.6 Å². The first-order valence-corrected chi connectivity index (χ1v) is 11.7. The van der Waals surface area contributed by atoms with Crippen molar-refractivity contribution in [1.82, 2.24) is 9.55 Å². The molecule has 1 atom stereocenters. The number of hydrogen-bond acceptors (Lipinski definition) is 3. The first kappa shape index (κ1) is 22.0. The molecule has 3 aromatic rings. The van der Waals surface area contributed by atoms with Crippen molar-refractivity contribution in [3.8, 4) is 0 Å². The van der Waals surface area contributed by atoms with Gasteiger partial charge in [0.2, 0.25) is 5.91 Å². The zero-order valence-corrected chi connectivity index (χ0v) is 19.1. The summed E-state index contributed by atoms with van der Waals surface area (Å²) >= 11 is 0. The van der Waals surface area contributed by atoms with Gasteiger partial charge in [-0.2, -0.15) is 0 Å². The lowest BCUT2D eigenvalue weighted by atomic mass is 9.91. The lowest BCUT2D eigenvalue weighted by molar-refractivity contribution is -0.120. The summed E-state index contributed by atoms with van der Waals surface area (Å²) in [6.07, 6.45) is 6.01. The van der Waals surface area contributed by atoms with Crippen molar-refractivity contribution in [1.29, 1.82) is 0 Å². The van der Waals surface area contributed by atoms with Gasteiger partial charge >= 0.3 is 0 Å². The number of nitrogens with zero attached hydrogens (tertiary/aromatic N) is 3. The second-order valence-electron chi connectivity index (χ2n) is 9.27. The first-order chi connectivity index (χ1) is 16.0. The fourth-order valence-electron chi connectivity index (χ4n) is 5.46. The molecule has 0 unspecified atom stereocenters. The number of ether oxygens (including phenoxy) is 1. The van der Waals surface area contributed by atoms with Crippen molar-refractivity contribution in [2.24, 2.45) is 0 Å². The number of hydrogen-bond donors (Lipinski definition) is 0. The van der Waals surface area contributed by atoms with E-state index in [2.05, 4.69) is 22.8 Å². The predicted octanol–water partition coefficient (Wildman–Crippen LogP) is 6.01. The van der Waals surface area contributed by atoms with Crippen LogP contribution in [0.5, 0.6) is 0 Å². The third-order valence-electron chi connectivity index (χ3n) is 7.14. The summed E-state index contributed by atoms with van der Waals surface area (Å²) in [4.78, 5) is 19.7. The summed E-state index contributed by atoms with van der Waals surface area (Å²) in [5.41, 5.74) is 3.46. The highest BCUT2D eigenvalue weighted by Gasteiger charge is 2.36. The molecule has 1 saturated heterocycles. The van der Waals surface area contributed by atoms with Crippen molar-refractivity contribution in [2.75, 3.05) is 12.0 Å². The van der Waals surface area contributed by atoms with Crippen molar-refractivity contribution >= 4 is 22.6 Å². The number of anilines is 1. The Hall–Kier alpha value is -2.80. The van der Waals surface area contributed by atoms with Crippen LogP contribution in [-0.4, -0.2) is 28.7 Å². The van der Waals surface area contributed by atoms with Crippen LogP contribution in [0.15, 0.2) is 36.4 Å². The smallest absolute Gasteiger partial charge is 0.227 e. The molecule has 1 amide bonds. The maximum absolute atomic E-state index is 14.1. The molecule has 5 nitrogen and oxygen atoms in total. The minimum absolute atomic E-state index is 0.0878. The highest BCUT2D eigenvalue weighted by molar-refractivity contribution is 5.95. The van der Waals surface area contributed by atoms with E-state index in [-0.39, 0.29) is 24.1 Å². The van der Waals surface area contributed by atoms with Crippen LogP contribution in [0, 0.1) is 18.6 Å². The normalized spacial score (nSPS) is 23.9. The minimum Gasteiger partial charge on any atom is -0.381 e. The molecule has 5 rings (SSSR count). The van der Waals surface area contributed by atoms with Gasteiger partial charge in [-0.15, -0.1) is 0 Å². The molecule has 2 aromatic carbocycles. The third-order valence-corrected chi connectivity index (χ3v) is 7.14. The number of aromatic nitrogens is 2. The lowest BCUT2D eigenvalue weighted by Crippen LogP contribution is -2.40. The Bertz CT molecular complexity index is 1180. The van der Waals surface area contributed by atoms with Gasteiger partial charge in [0.1, 0.15) is 5.82 Å². The summed E-state index contributed by atoms with van der Waals surface area (Å²) in [6.45, 7) is 2.04. The van der Waals surface area contributed by atoms with E-state index in [0.29, 0.717) is 12.1 Å². The van der Waals surface area contributed by atoms with Gasteiger partial charge in [-0.25, -0.2) is 13.8 Å². The number of fused-ring (bicyclic) bond motifs is 1. The predicted molar refractivity (Wildman–Crippen MR) is 123 cm³/mol. The van der Waals surface area contributed by atoms with E-state index in [9.17, 15) is 13.6 Å². The molecule has 7 heteroatoms. The summed E-state index contributed by atoms with van der Waals surface area (Å²) in [5, 5.41) is 0. The molecule has 0 N–H and O–H groups in total. The van der Waals surface area contributed by atoms with E-state index in [1.807, 2.05) is 6.92 Å². The fourth-order valence-corrected chi connectivity index (χ4v) is 5.46. The molecule has 2 heterocycles. The van der Waals surface area contributed by atoms with E-state index in [1.54, 1.807) is 12.0 Å². The number of benzene rings is 2. The van der Waals surface area contributed by atoms with Crippen LogP contribution < -0.4 is 4.90 Å². The third kappa shape index (κ3) is 4.03. The first-order valence-electron chi connectivity index (χ1n) is 11.7. The number of amides is 1. The van der Waals surface area contributed by atoms with Gasteiger partial charge in [0, 0.05) is 31.3 Å². The Labute approximate surface area is 192 Å². The van der Waals surface area contributed by atoms with Gasteiger partial charge in [-0.05, 0) is 75.3 Å². The number of carbonyl (C=O) groups excluding carboxylic acids is 1. The molecule has 1 saturated carbocycles. The van der Waals surface area contributed by atoms with Crippen molar-refractivity contribution in [3.05, 3.63) is 59.4 Å². The topological polar surface area (TPSA) is 47.4 Å². The summed E-state index contributed by atoms with van der Waals surface area (Å²) in [5.74, 6) is -1.13. The number of aryl methyl sites for hydroxylation is 1. The van der Waals surface area contributed by atoms with Crippen LogP contribution in [0.25, 0.3) is 11.0 Å². The summed E-state index contributed by atoms with van der Waals surface area (Å²) in [7, 11) is 1.76. The number of methoxy groups -OCH3 is 1. The molecule has 0 radical (unpaired) electrons. The number of rotatable bonds is 4. The second-order valence-corrected chi connectivity index (χ2v) is 9.27. The number of piperidine rings is 1. The average molecular weight is 454 g/mol. The van der Waals surface area contributed by atoms with Crippen LogP contribution >= 0.6 is 0 Å². The Balaban J connectivity index is 1.62. The zero-order chi connectivity index (χ0) is 23.1. The van der Waals surface area contributed by atoms with Crippen LogP contribution in [0.3, 0.4) is 0 Å². The highest BCUT2D eigenvalue weighted by Crippen LogP contribution is 2.41. The van der Waals surface area contributed by atoms with Crippen LogP contribution in [0.4, 0.5) is 14.5 Å². The second kappa shape index (κ2) is 8.86. The van der Waals surface area contributed by atoms with Crippen LogP contribution in [0.1, 0.15) is 68.4 Å². The average Bonchev–Trinajstić information content (AvgIpc) is 3.19. The Morgan fingerprint density at radius 2 is 1.79 bits per heavy atom. The molecular formula is C26H29F2N3O2. The Kier molecular flexibility index (Phi) is 5.91. The van der Waals surface area contributed by atoms with Crippen molar-refractivity contribution in [2.45, 2.75) is 70.1 Å². The van der Waals surface area contributed by atoms with Gasteiger partial charge in [0.25, 0.3) is 0 Å². The lowest BCUT2D eigenvalue weighted by Gasteiger charge is -2.37. The molecule has 174 valence electrons. The Morgan fingerprint density at radius 3 is 2.52 bits per heavy atom. The SMILES string of the molecule is CO[C@H]1CC[C@H](n2c([C@@H]3CCCC(=O)N3c3ccc(F)c(F)c3)nc3cc(C)ccc32)CC1. The highest BCUT2D eigenvalue weighted by atomic mass is 19.2. The molecule has 2 fully saturated rings. The summed E-state index contributed by atoms with van der Waals surface area (Å²) < 4.78 is 35.6. The van der Waals surface area contributed by atoms with Crippen molar-refractivity contribution < 1.29 is 18.3 Å². The standard InChI is InChI=1S/C26H29F2N3O2/c1-16-6-13-23-22(14-16)29-26(31(23)17-7-10-19(33-2)11-8-17)24-4-3-5-25(32)30(24)18-9-12-20(27)21(28)15-18/h6,9,12-15,17,19,24H,3-5,7-8,10-11H2,1-2H3/t17-,19-,24-/m0/s1. The number of imidazole rings is 1. The van der Waals surface area contributed by atoms with E-state index >= 15 is 0 Å². The number of carbonyl (C=O) groups is 1. The van der Waals surface area contributed by atoms with Gasteiger partial charge in [0.05, 0.1) is 23.2 Å². The van der Waals surface area contributed by atoms with E-state index in [4.69, 9.17) is 9.72 Å². The van der Waals surface area contributed by atoms with Gasteiger partial charge in [-0.1, -0.05) is 6.07 Å². The molecular weight excluding hydrogens is 424 g/mol. The largest absolute Gasteiger partial charge is 0.381 e. The quantitative estimate of drug-likeness (QED) is 0.486. The zero-order valence-electron chi connectivity index (χ0n) is 19.1. The minimum atomic E-state index is -0.952. The molecule has 1 aromatic heterocycles.